The van der Waals surface area contributed by atoms with Crippen LogP contribution >= 0.6 is 11.6 Å². The summed E-state index contributed by atoms with van der Waals surface area (Å²) >= 11 is 5.91. The third-order valence-corrected chi connectivity index (χ3v) is 1.98. The number of carboxylic acids is 1. The number of hydrogen-bond acceptors (Lipinski definition) is 3. The van der Waals surface area contributed by atoms with Crippen molar-refractivity contribution in [3.8, 4) is 0 Å². The highest BCUT2D eigenvalue weighted by Crippen LogP contribution is 2.15. The van der Waals surface area contributed by atoms with E-state index in [1.54, 1.807) is 25.1 Å². The Morgan fingerprint density at radius 1 is 1.53 bits per heavy atom. The Bertz CT molecular complexity index is 390. The molecule has 80 valence electrons. The Morgan fingerprint density at radius 2 is 2.20 bits per heavy atom. The van der Waals surface area contributed by atoms with Crippen molar-refractivity contribution in [2.24, 2.45) is 5.16 Å². The average molecular weight is 228 g/mol. The predicted octanol–water partition coefficient (Wildman–Crippen LogP) is 2.17. The van der Waals surface area contributed by atoms with Gasteiger partial charge < -0.3 is 9.94 Å². The van der Waals surface area contributed by atoms with Gasteiger partial charge in [0.05, 0.1) is 5.71 Å². The second kappa shape index (κ2) is 5.36. The number of rotatable bonds is 4. The van der Waals surface area contributed by atoms with Crippen molar-refractivity contribution in [3.05, 3.63) is 34.9 Å². The lowest BCUT2D eigenvalue weighted by atomic mass is 10.1. The Morgan fingerprint density at radius 3 is 2.80 bits per heavy atom. The molecule has 0 radical (unpaired) electrons. The molecule has 1 N–H and O–H groups in total. The summed E-state index contributed by atoms with van der Waals surface area (Å²) in [4.78, 5) is 14.8. The van der Waals surface area contributed by atoms with E-state index in [4.69, 9.17) is 16.7 Å². The van der Waals surface area contributed by atoms with Crippen molar-refractivity contribution in [2.45, 2.75) is 6.92 Å². The Labute approximate surface area is 92.1 Å². The molecule has 0 heterocycles. The van der Waals surface area contributed by atoms with E-state index in [1.807, 2.05) is 6.07 Å². The fraction of sp³-hybridized carbons (Fsp3) is 0.200. The molecular weight excluding hydrogens is 218 g/mol. The van der Waals surface area contributed by atoms with Gasteiger partial charge in [-0.05, 0) is 13.0 Å². The molecule has 0 saturated carbocycles. The minimum atomic E-state index is -1.06. The lowest BCUT2D eigenvalue weighted by Gasteiger charge is -2.02. The summed E-state index contributed by atoms with van der Waals surface area (Å²) in [5.41, 5.74) is 1.27. The first-order valence-electron chi connectivity index (χ1n) is 4.24. The molecule has 1 aromatic carbocycles. The highest BCUT2D eigenvalue weighted by Gasteiger charge is 2.03. The molecule has 1 rings (SSSR count). The van der Waals surface area contributed by atoms with Crippen LogP contribution in [0, 0.1) is 0 Å². The van der Waals surface area contributed by atoms with E-state index in [0.29, 0.717) is 10.7 Å². The normalized spacial score (nSPS) is 11.2. The number of nitrogens with zero attached hydrogens (tertiary/aromatic N) is 1. The molecule has 0 amide bonds. The van der Waals surface area contributed by atoms with E-state index in [-0.39, 0.29) is 0 Å². The SMILES string of the molecule is C/C(=N\OCC(=O)O)c1ccccc1Cl. The molecule has 5 heteroatoms. The van der Waals surface area contributed by atoms with Crippen LogP contribution in [0.5, 0.6) is 0 Å². The molecule has 0 atom stereocenters. The van der Waals surface area contributed by atoms with Crippen LogP contribution in [0.15, 0.2) is 29.4 Å². The van der Waals surface area contributed by atoms with Gasteiger partial charge >= 0.3 is 5.97 Å². The van der Waals surface area contributed by atoms with E-state index in [0.717, 1.165) is 5.56 Å². The van der Waals surface area contributed by atoms with Gasteiger partial charge in [0.15, 0.2) is 0 Å². The van der Waals surface area contributed by atoms with Crippen molar-refractivity contribution < 1.29 is 14.7 Å². The third kappa shape index (κ3) is 3.59. The first kappa shape index (κ1) is 11.5. The topological polar surface area (TPSA) is 58.9 Å². The minimum Gasteiger partial charge on any atom is -0.479 e. The maximum atomic E-state index is 10.2. The van der Waals surface area contributed by atoms with Crippen molar-refractivity contribution in [2.75, 3.05) is 6.61 Å². The number of carboxylic acid groups (broad SMARTS) is 1. The van der Waals surface area contributed by atoms with Crippen LogP contribution in [0.3, 0.4) is 0 Å². The lowest BCUT2D eigenvalue weighted by molar-refractivity contribution is -0.142. The van der Waals surface area contributed by atoms with Gasteiger partial charge in [-0.15, -0.1) is 0 Å². The lowest BCUT2D eigenvalue weighted by Crippen LogP contribution is -2.05. The quantitative estimate of drug-likeness (QED) is 0.634. The van der Waals surface area contributed by atoms with Gasteiger partial charge in [0.2, 0.25) is 6.61 Å². The van der Waals surface area contributed by atoms with Crippen LogP contribution in [0.25, 0.3) is 0 Å². The first-order valence-corrected chi connectivity index (χ1v) is 4.62. The molecule has 0 spiro atoms. The number of halogens is 1. The molecule has 0 aliphatic rings. The number of benzene rings is 1. The van der Waals surface area contributed by atoms with Gasteiger partial charge in [0.25, 0.3) is 0 Å². The molecule has 0 bridgehead atoms. The van der Waals surface area contributed by atoms with E-state index in [9.17, 15) is 4.79 Å². The van der Waals surface area contributed by atoms with Crippen LogP contribution in [0.1, 0.15) is 12.5 Å². The van der Waals surface area contributed by atoms with Crippen LogP contribution in [0.4, 0.5) is 0 Å². The maximum Gasteiger partial charge on any atom is 0.344 e. The van der Waals surface area contributed by atoms with Crippen molar-refractivity contribution in [1.82, 2.24) is 0 Å². The van der Waals surface area contributed by atoms with Gasteiger partial charge in [0.1, 0.15) is 0 Å². The molecule has 0 aromatic heterocycles. The molecule has 0 aliphatic carbocycles. The highest BCUT2D eigenvalue weighted by molar-refractivity contribution is 6.34. The fourth-order valence-corrected chi connectivity index (χ4v) is 1.26. The fourth-order valence-electron chi connectivity index (χ4n) is 0.988. The van der Waals surface area contributed by atoms with E-state index in [2.05, 4.69) is 9.99 Å². The molecule has 4 nitrogen and oxygen atoms in total. The molecule has 15 heavy (non-hydrogen) atoms. The largest absolute Gasteiger partial charge is 0.479 e. The molecule has 0 saturated heterocycles. The van der Waals surface area contributed by atoms with E-state index >= 15 is 0 Å². The van der Waals surface area contributed by atoms with Crippen molar-refractivity contribution in [3.63, 3.8) is 0 Å². The summed E-state index contributed by atoms with van der Waals surface area (Å²) in [7, 11) is 0. The molecule has 1 aromatic rings. The van der Waals surface area contributed by atoms with Gasteiger partial charge in [-0.3, -0.25) is 0 Å². The summed E-state index contributed by atoms with van der Waals surface area (Å²) in [5.74, 6) is -1.06. The highest BCUT2D eigenvalue weighted by atomic mass is 35.5. The standard InChI is InChI=1S/C10H10ClNO3/c1-7(12-15-6-10(13)14)8-4-2-3-5-9(8)11/h2-5H,6H2,1H3,(H,13,14)/b12-7+. The van der Waals surface area contributed by atoms with Gasteiger partial charge in [0, 0.05) is 10.6 Å². The monoisotopic (exact) mass is 227 g/mol. The first-order chi connectivity index (χ1) is 7.11. The maximum absolute atomic E-state index is 10.2. The number of aliphatic carboxylic acids is 1. The zero-order valence-corrected chi connectivity index (χ0v) is 8.86. The zero-order chi connectivity index (χ0) is 11.3. The number of hydrogen-bond donors (Lipinski definition) is 1. The van der Waals surface area contributed by atoms with Crippen molar-refractivity contribution >= 4 is 23.3 Å². The van der Waals surface area contributed by atoms with Crippen molar-refractivity contribution in [1.29, 1.82) is 0 Å². The summed E-state index contributed by atoms with van der Waals surface area (Å²) in [6.45, 7) is 1.24. The Hall–Kier alpha value is -1.55. The minimum absolute atomic E-state index is 0.457. The summed E-state index contributed by atoms with van der Waals surface area (Å²) < 4.78 is 0. The predicted molar refractivity (Wildman–Crippen MR) is 57.3 cm³/mol. The Balaban J connectivity index is 2.72. The summed E-state index contributed by atoms with van der Waals surface area (Å²) in [6, 6.07) is 7.13. The van der Waals surface area contributed by atoms with Crippen LogP contribution < -0.4 is 0 Å². The number of carbonyl (C=O) groups is 1. The van der Waals surface area contributed by atoms with Gasteiger partial charge in [-0.2, -0.15) is 0 Å². The molecule has 0 unspecified atom stereocenters. The molecule has 0 aliphatic heterocycles. The molecular formula is C10H10ClNO3. The van der Waals surface area contributed by atoms with Crippen LogP contribution in [-0.4, -0.2) is 23.4 Å². The average Bonchev–Trinajstić information content (AvgIpc) is 2.17. The second-order valence-corrected chi connectivity index (χ2v) is 3.23. The van der Waals surface area contributed by atoms with Gasteiger partial charge in [-0.25, -0.2) is 4.79 Å². The van der Waals surface area contributed by atoms with E-state index < -0.39 is 12.6 Å². The smallest absolute Gasteiger partial charge is 0.344 e. The van der Waals surface area contributed by atoms with Crippen LogP contribution in [0.2, 0.25) is 5.02 Å². The third-order valence-electron chi connectivity index (χ3n) is 1.65. The second-order valence-electron chi connectivity index (χ2n) is 2.82. The van der Waals surface area contributed by atoms with Crippen LogP contribution in [-0.2, 0) is 9.63 Å². The zero-order valence-electron chi connectivity index (χ0n) is 8.11. The summed E-state index contributed by atoms with van der Waals surface area (Å²) in [6.07, 6.45) is 0. The molecule has 0 fully saturated rings. The number of oxime groups is 1. The Kier molecular flexibility index (Phi) is 4.12. The van der Waals surface area contributed by atoms with Gasteiger partial charge in [-0.1, -0.05) is 35.0 Å². The summed E-state index contributed by atoms with van der Waals surface area (Å²) in [5, 5.41) is 12.5. The van der Waals surface area contributed by atoms with E-state index in [1.165, 1.54) is 0 Å².